The summed E-state index contributed by atoms with van der Waals surface area (Å²) in [6, 6.07) is 0. The van der Waals surface area contributed by atoms with Crippen molar-refractivity contribution in [2.75, 3.05) is 20.3 Å². The Hall–Kier alpha value is -0.400. The van der Waals surface area contributed by atoms with E-state index in [9.17, 15) is 25.5 Å². The summed E-state index contributed by atoms with van der Waals surface area (Å²) >= 11 is 0. The summed E-state index contributed by atoms with van der Waals surface area (Å²) < 4.78 is 21.0. The molecule has 10 heteroatoms. The van der Waals surface area contributed by atoms with Crippen LogP contribution >= 0.6 is 0 Å². The van der Waals surface area contributed by atoms with Crippen molar-refractivity contribution in [1.82, 2.24) is 0 Å². The van der Waals surface area contributed by atoms with Crippen LogP contribution in [0.25, 0.3) is 0 Å². The van der Waals surface area contributed by atoms with Crippen LogP contribution in [0.4, 0.5) is 0 Å². The van der Waals surface area contributed by atoms with Crippen molar-refractivity contribution in [3.8, 4) is 0 Å². The van der Waals surface area contributed by atoms with Crippen LogP contribution < -0.4 is 0 Å². The second-order valence-corrected chi connectivity index (χ2v) is 5.64. The van der Waals surface area contributed by atoms with Crippen LogP contribution in [-0.2, 0) is 18.9 Å². The quantitative estimate of drug-likeness (QED) is 0.294. The van der Waals surface area contributed by atoms with Crippen molar-refractivity contribution in [2.45, 2.75) is 61.7 Å². The van der Waals surface area contributed by atoms with E-state index in [-0.39, 0.29) is 6.42 Å². The van der Waals surface area contributed by atoms with Gasteiger partial charge in [-0.2, -0.15) is 0 Å². The maximum atomic E-state index is 9.94. The van der Waals surface area contributed by atoms with Crippen LogP contribution in [0.1, 0.15) is 6.42 Å². The molecule has 2 aliphatic rings. The minimum Gasteiger partial charge on any atom is -0.394 e. The Kier molecular flexibility index (Phi) is 6.68. The molecule has 2 rings (SSSR count). The van der Waals surface area contributed by atoms with Crippen LogP contribution in [-0.4, -0.2) is 106 Å². The molecule has 2 saturated heterocycles. The van der Waals surface area contributed by atoms with Crippen molar-refractivity contribution in [3.05, 3.63) is 0 Å². The van der Waals surface area contributed by atoms with E-state index in [1.807, 2.05) is 0 Å². The highest BCUT2D eigenvalue weighted by atomic mass is 16.7. The van der Waals surface area contributed by atoms with Gasteiger partial charge in [-0.3, -0.25) is 0 Å². The van der Waals surface area contributed by atoms with Crippen LogP contribution in [0.2, 0.25) is 0 Å². The number of ether oxygens (including phenoxy) is 4. The van der Waals surface area contributed by atoms with E-state index in [2.05, 4.69) is 0 Å². The predicted molar refractivity (Wildman–Crippen MR) is 72.0 cm³/mol. The fourth-order valence-electron chi connectivity index (χ4n) is 2.72. The van der Waals surface area contributed by atoms with E-state index in [0.29, 0.717) is 0 Å². The molecule has 0 radical (unpaired) electrons. The third kappa shape index (κ3) is 3.99. The van der Waals surface area contributed by atoms with Crippen molar-refractivity contribution in [3.63, 3.8) is 0 Å². The lowest BCUT2D eigenvalue weighted by molar-refractivity contribution is -0.340. The average Bonchev–Trinajstić information content (AvgIpc) is 2.55. The Morgan fingerprint density at radius 3 is 2.04 bits per heavy atom. The first-order valence-corrected chi connectivity index (χ1v) is 7.36. The van der Waals surface area contributed by atoms with Gasteiger partial charge in [-0.05, 0) is 0 Å². The molecular weight excluding hydrogens is 316 g/mol. The van der Waals surface area contributed by atoms with Crippen molar-refractivity contribution in [2.24, 2.45) is 0 Å². The molecule has 0 unspecified atom stereocenters. The predicted octanol–water partition coefficient (Wildman–Crippen LogP) is -3.71. The Morgan fingerprint density at radius 2 is 1.48 bits per heavy atom. The molecule has 136 valence electrons. The van der Waals surface area contributed by atoms with Crippen molar-refractivity contribution >= 4 is 0 Å². The fourth-order valence-corrected chi connectivity index (χ4v) is 2.72. The highest BCUT2D eigenvalue weighted by molar-refractivity contribution is 4.90. The molecule has 0 aromatic carbocycles. The first-order valence-electron chi connectivity index (χ1n) is 7.36. The molecular formula is C13H24O10. The third-order valence-electron chi connectivity index (χ3n) is 4.08. The van der Waals surface area contributed by atoms with Gasteiger partial charge in [0.1, 0.15) is 36.6 Å². The SMILES string of the molecule is CO[C@@H]1O[C@H](CO)[C@@H](O[C@H]2O[C@H](CO)[C@@H](O)[C@H](O)[C@H]2O)C[C@H]1O. The minimum absolute atomic E-state index is 0.0404. The number of aliphatic hydroxyl groups is 6. The number of methoxy groups -OCH3 is 1. The molecule has 0 aromatic rings. The van der Waals surface area contributed by atoms with Crippen molar-refractivity contribution < 1.29 is 49.6 Å². The Morgan fingerprint density at radius 1 is 0.870 bits per heavy atom. The molecule has 2 heterocycles. The van der Waals surface area contributed by atoms with E-state index >= 15 is 0 Å². The first-order chi connectivity index (χ1) is 10.9. The van der Waals surface area contributed by atoms with Crippen LogP contribution in [0.5, 0.6) is 0 Å². The smallest absolute Gasteiger partial charge is 0.187 e. The van der Waals surface area contributed by atoms with Gasteiger partial charge in [0.05, 0.1) is 19.3 Å². The van der Waals surface area contributed by atoms with Crippen LogP contribution in [0, 0.1) is 0 Å². The Balaban J connectivity index is 2.04. The zero-order chi connectivity index (χ0) is 17.1. The molecule has 10 nitrogen and oxygen atoms in total. The maximum absolute atomic E-state index is 9.94. The van der Waals surface area contributed by atoms with Gasteiger partial charge < -0.3 is 49.6 Å². The van der Waals surface area contributed by atoms with Gasteiger partial charge in [-0.15, -0.1) is 0 Å². The Bertz CT molecular complexity index is 367. The molecule has 6 N–H and O–H groups in total. The number of aliphatic hydroxyl groups excluding tert-OH is 6. The molecule has 0 aromatic heterocycles. The zero-order valence-corrected chi connectivity index (χ0v) is 12.6. The summed E-state index contributed by atoms with van der Waals surface area (Å²) in [5.74, 6) is 0. The Labute approximate surface area is 132 Å². The highest BCUT2D eigenvalue weighted by Crippen LogP contribution is 2.28. The largest absolute Gasteiger partial charge is 0.394 e. The van der Waals surface area contributed by atoms with Gasteiger partial charge in [0.2, 0.25) is 0 Å². The standard InChI is InChI=1S/C13H24O10/c1-20-12-5(16)2-6(7(3-14)22-12)21-13-11(19)10(18)9(17)8(4-15)23-13/h5-19H,2-4H2,1H3/t5-,6+,7-,8-,9-,10+,11-,12-,13+/m1/s1. The molecule has 0 bridgehead atoms. The topological polar surface area (TPSA) is 158 Å². The third-order valence-corrected chi connectivity index (χ3v) is 4.08. The summed E-state index contributed by atoms with van der Waals surface area (Å²) in [5, 5.41) is 57.8. The lowest BCUT2D eigenvalue weighted by atomic mass is 9.98. The van der Waals surface area contributed by atoms with Crippen molar-refractivity contribution in [1.29, 1.82) is 0 Å². The van der Waals surface area contributed by atoms with Crippen LogP contribution in [0.3, 0.4) is 0 Å². The van der Waals surface area contributed by atoms with E-state index in [1.54, 1.807) is 0 Å². The van der Waals surface area contributed by atoms with Gasteiger partial charge in [0.25, 0.3) is 0 Å². The zero-order valence-electron chi connectivity index (χ0n) is 12.6. The number of hydrogen-bond acceptors (Lipinski definition) is 10. The van der Waals surface area contributed by atoms with Gasteiger partial charge in [0, 0.05) is 13.5 Å². The fraction of sp³-hybridized carbons (Fsp3) is 1.00. The van der Waals surface area contributed by atoms with E-state index in [1.165, 1.54) is 7.11 Å². The molecule has 2 aliphatic heterocycles. The molecule has 0 spiro atoms. The summed E-state index contributed by atoms with van der Waals surface area (Å²) in [5.41, 5.74) is 0. The summed E-state index contributed by atoms with van der Waals surface area (Å²) in [4.78, 5) is 0. The average molecular weight is 340 g/mol. The van der Waals surface area contributed by atoms with E-state index in [0.717, 1.165) is 0 Å². The second-order valence-electron chi connectivity index (χ2n) is 5.64. The van der Waals surface area contributed by atoms with Gasteiger partial charge in [-0.1, -0.05) is 0 Å². The van der Waals surface area contributed by atoms with Crippen LogP contribution in [0.15, 0.2) is 0 Å². The monoisotopic (exact) mass is 340 g/mol. The summed E-state index contributed by atoms with van der Waals surface area (Å²) in [7, 11) is 1.35. The lowest BCUT2D eigenvalue weighted by Crippen LogP contribution is -2.61. The first kappa shape index (κ1) is 18.9. The molecule has 23 heavy (non-hydrogen) atoms. The summed E-state index contributed by atoms with van der Waals surface area (Å²) in [6.07, 6.45) is -10.7. The summed E-state index contributed by atoms with van der Waals surface area (Å²) in [6.45, 7) is -1.00. The second kappa shape index (κ2) is 8.12. The highest BCUT2D eigenvalue weighted by Gasteiger charge is 2.47. The number of rotatable bonds is 5. The molecule has 0 saturated carbocycles. The molecule has 0 amide bonds. The minimum atomic E-state index is -1.57. The lowest BCUT2D eigenvalue weighted by Gasteiger charge is -2.44. The maximum Gasteiger partial charge on any atom is 0.187 e. The van der Waals surface area contributed by atoms with Gasteiger partial charge in [0.15, 0.2) is 12.6 Å². The van der Waals surface area contributed by atoms with E-state index < -0.39 is 68.5 Å². The van der Waals surface area contributed by atoms with Gasteiger partial charge >= 0.3 is 0 Å². The van der Waals surface area contributed by atoms with E-state index in [4.69, 9.17) is 24.1 Å². The normalized spacial score (nSPS) is 48.4. The van der Waals surface area contributed by atoms with Gasteiger partial charge in [-0.25, -0.2) is 0 Å². The molecule has 0 aliphatic carbocycles. The number of hydrogen-bond donors (Lipinski definition) is 6. The molecule has 2 fully saturated rings. The molecule has 9 atom stereocenters.